The summed E-state index contributed by atoms with van der Waals surface area (Å²) in [7, 11) is 0. The van der Waals surface area contributed by atoms with Gasteiger partial charge in [-0.2, -0.15) is 0 Å². The van der Waals surface area contributed by atoms with Gasteiger partial charge in [0.1, 0.15) is 12.6 Å². The van der Waals surface area contributed by atoms with Crippen molar-refractivity contribution in [2.45, 2.75) is 50.5 Å². The standard InChI is InChI=1S/C34H34N2O10/c1-22(37)35-26-20-36(28(38)18-11-19-29(39)40)27(21-44-32(41)23-12-5-2-6-13-23)31(46-34(43)25-16-9-4-10-17-25)30(26)45-33(42)24-14-7-3-8-15-24/h2-10,12-17,26-27,30-31H,11,18-21H2,1H3,(H,35,37)(H,39,40)/t26-,27+,30+,31-/m0/s1. The number of hydrogen-bond acceptors (Lipinski definition) is 9. The zero-order valence-electron chi connectivity index (χ0n) is 25.1. The SMILES string of the molecule is CC(=O)N[C@H]1CN(C(=O)CCCC(=O)O)[C@H](COC(=O)c2ccccc2)[C@H](OC(=O)c2ccccc2)[C@@H]1OC(=O)c1ccccc1. The number of ether oxygens (including phenoxy) is 3. The summed E-state index contributed by atoms with van der Waals surface area (Å²) < 4.78 is 17.5. The molecule has 0 aliphatic carbocycles. The van der Waals surface area contributed by atoms with Crippen LogP contribution in [-0.2, 0) is 28.6 Å². The third-order valence-electron chi connectivity index (χ3n) is 7.28. The molecule has 1 aliphatic heterocycles. The van der Waals surface area contributed by atoms with Crippen LogP contribution in [0.4, 0.5) is 0 Å². The van der Waals surface area contributed by atoms with E-state index in [9.17, 15) is 28.8 Å². The lowest BCUT2D eigenvalue weighted by molar-refractivity contribution is -0.155. The summed E-state index contributed by atoms with van der Waals surface area (Å²) in [5.41, 5.74) is 0.590. The van der Waals surface area contributed by atoms with E-state index in [1.165, 1.54) is 36.1 Å². The number of rotatable bonds is 12. The van der Waals surface area contributed by atoms with Crippen LogP contribution in [0.5, 0.6) is 0 Å². The fraction of sp³-hybridized carbons (Fsp3) is 0.294. The molecule has 0 unspecified atom stereocenters. The smallest absolute Gasteiger partial charge is 0.338 e. The van der Waals surface area contributed by atoms with Crippen molar-refractivity contribution in [2.24, 2.45) is 0 Å². The summed E-state index contributed by atoms with van der Waals surface area (Å²) in [5, 5.41) is 11.8. The Labute approximate surface area is 265 Å². The monoisotopic (exact) mass is 630 g/mol. The molecule has 4 atom stereocenters. The van der Waals surface area contributed by atoms with Crippen molar-refractivity contribution in [3.63, 3.8) is 0 Å². The van der Waals surface area contributed by atoms with Gasteiger partial charge in [0, 0.05) is 26.3 Å². The third-order valence-corrected chi connectivity index (χ3v) is 7.28. The average Bonchev–Trinajstić information content (AvgIpc) is 3.06. The van der Waals surface area contributed by atoms with Crippen LogP contribution < -0.4 is 5.32 Å². The first-order chi connectivity index (χ1) is 22.1. The molecule has 3 aromatic rings. The van der Waals surface area contributed by atoms with Crippen LogP contribution in [0.25, 0.3) is 0 Å². The molecule has 1 aliphatic rings. The maximum Gasteiger partial charge on any atom is 0.338 e. The van der Waals surface area contributed by atoms with Crippen molar-refractivity contribution in [1.82, 2.24) is 10.2 Å². The first kappa shape index (κ1) is 33.4. The second-order valence-corrected chi connectivity index (χ2v) is 10.6. The molecule has 0 bridgehead atoms. The van der Waals surface area contributed by atoms with Gasteiger partial charge < -0.3 is 29.5 Å². The van der Waals surface area contributed by atoms with Crippen LogP contribution in [0, 0.1) is 0 Å². The molecule has 2 N–H and O–H groups in total. The first-order valence-corrected chi connectivity index (χ1v) is 14.7. The Balaban J connectivity index is 1.75. The van der Waals surface area contributed by atoms with Crippen LogP contribution in [-0.4, -0.2) is 83.1 Å². The van der Waals surface area contributed by atoms with E-state index in [1.54, 1.807) is 66.7 Å². The highest BCUT2D eigenvalue weighted by Gasteiger charge is 2.50. The number of amides is 2. The average molecular weight is 631 g/mol. The molecule has 0 radical (unpaired) electrons. The second kappa shape index (κ2) is 16.0. The number of carboxylic acids is 1. The topological polar surface area (TPSA) is 166 Å². The summed E-state index contributed by atoms with van der Waals surface area (Å²) in [6.45, 7) is 0.552. The molecule has 240 valence electrons. The number of nitrogens with one attached hydrogen (secondary N) is 1. The first-order valence-electron chi connectivity index (χ1n) is 14.7. The number of esters is 3. The number of hydrogen-bond donors (Lipinski definition) is 2. The highest BCUT2D eigenvalue weighted by atomic mass is 16.6. The lowest BCUT2D eigenvalue weighted by atomic mass is 9.90. The molecule has 1 fully saturated rings. The minimum absolute atomic E-state index is 0.00683. The molecule has 12 nitrogen and oxygen atoms in total. The van der Waals surface area contributed by atoms with Crippen molar-refractivity contribution in [3.05, 3.63) is 108 Å². The van der Waals surface area contributed by atoms with Crippen LogP contribution in [0.3, 0.4) is 0 Å². The van der Waals surface area contributed by atoms with Crippen molar-refractivity contribution >= 4 is 35.7 Å². The summed E-state index contributed by atoms with van der Waals surface area (Å²) in [6.07, 6.45) is -3.22. The van der Waals surface area contributed by atoms with Gasteiger partial charge in [-0.05, 0) is 42.8 Å². The Morgan fingerprint density at radius 3 is 1.67 bits per heavy atom. The Kier molecular flexibility index (Phi) is 11.6. The van der Waals surface area contributed by atoms with Crippen molar-refractivity contribution in [1.29, 1.82) is 0 Å². The number of carbonyl (C=O) groups excluding carboxylic acids is 5. The fourth-order valence-electron chi connectivity index (χ4n) is 5.12. The van der Waals surface area contributed by atoms with Crippen molar-refractivity contribution < 1.29 is 48.1 Å². The minimum atomic E-state index is -1.43. The Morgan fingerprint density at radius 2 is 1.20 bits per heavy atom. The van der Waals surface area contributed by atoms with Gasteiger partial charge in [-0.15, -0.1) is 0 Å². The molecule has 46 heavy (non-hydrogen) atoms. The van der Waals surface area contributed by atoms with Gasteiger partial charge in [0.25, 0.3) is 0 Å². The third kappa shape index (κ3) is 9.00. The van der Waals surface area contributed by atoms with Crippen molar-refractivity contribution in [2.75, 3.05) is 13.2 Å². The summed E-state index contributed by atoms with van der Waals surface area (Å²) in [6, 6.07) is 21.9. The van der Waals surface area contributed by atoms with Gasteiger partial charge in [0.15, 0.2) is 12.2 Å². The van der Waals surface area contributed by atoms with E-state index in [0.717, 1.165) is 0 Å². The van der Waals surface area contributed by atoms with Gasteiger partial charge in [0.05, 0.1) is 22.7 Å². The largest absolute Gasteiger partial charge is 0.481 e. The lowest BCUT2D eigenvalue weighted by Crippen LogP contribution is -2.69. The predicted molar refractivity (Wildman–Crippen MR) is 163 cm³/mol. The number of piperidine rings is 1. The Hall–Kier alpha value is -5.52. The normalized spacial score (nSPS) is 18.9. The van der Waals surface area contributed by atoms with Crippen LogP contribution in [0.2, 0.25) is 0 Å². The zero-order valence-corrected chi connectivity index (χ0v) is 25.1. The van der Waals surface area contributed by atoms with Gasteiger partial charge in [0.2, 0.25) is 11.8 Å². The van der Waals surface area contributed by atoms with Gasteiger partial charge >= 0.3 is 23.9 Å². The number of aliphatic carboxylic acids is 1. The van der Waals surface area contributed by atoms with E-state index >= 15 is 0 Å². The maximum absolute atomic E-state index is 13.6. The van der Waals surface area contributed by atoms with E-state index in [1.807, 2.05) is 0 Å². The minimum Gasteiger partial charge on any atom is -0.481 e. The Morgan fingerprint density at radius 1 is 0.717 bits per heavy atom. The molecule has 0 spiro atoms. The van der Waals surface area contributed by atoms with E-state index in [0.29, 0.717) is 0 Å². The van der Waals surface area contributed by atoms with Gasteiger partial charge in [-0.1, -0.05) is 54.6 Å². The highest BCUT2D eigenvalue weighted by Crippen LogP contribution is 2.28. The van der Waals surface area contributed by atoms with E-state index in [-0.39, 0.29) is 42.5 Å². The molecule has 1 heterocycles. The molecule has 0 aromatic heterocycles. The van der Waals surface area contributed by atoms with Crippen LogP contribution in [0.15, 0.2) is 91.0 Å². The Bertz CT molecular complexity index is 1530. The summed E-state index contributed by atoms with van der Waals surface area (Å²) in [5.74, 6) is -4.43. The molecule has 4 rings (SSSR count). The number of likely N-dealkylation sites (tertiary alicyclic amines) is 1. The highest BCUT2D eigenvalue weighted by molar-refractivity contribution is 5.91. The number of benzene rings is 3. The van der Waals surface area contributed by atoms with Gasteiger partial charge in [-0.3, -0.25) is 14.4 Å². The number of carboxylic acid groups (broad SMARTS) is 1. The lowest BCUT2D eigenvalue weighted by Gasteiger charge is -2.47. The van der Waals surface area contributed by atoms with Crippen LogP contribution >= 0.6 is 0 Å². The van der Waals surface area contributed by atoms with E-state index in [4.69, 9.17) is 19.3 Å². The molecule has 3 aromatic carbocycles. The van der Waals surface area contributed by atoms with E-state index in [2.05, 4.69) is 5.32 Å². The molecule has 0 saturated carbocycles. The molecular formula is C34H34N2O10. The summed E-state index contributed by atoms with van der Waals surface area (Å²) in [4.78, 5) is 78.1. The van der Waals surface area contributed by atoms with Crippen molar-refractivity contribution in [3.8, 4) is 0 Å². The fourth-order valence-corrected chi connectivity index (χ4v) is 5.12. The number of nitrogens with zero attached hydrogens (tertiary/aromatic N) is 1. The number of carbonyl (C=O) groups is 6. The molecule has 12 heteroatoms. The predicted octanol–water partition coefficient (Wildman–Crippen LogP) is 3.27. The second-order valence-electron chi connectivity index (χ2n) is 10.6. The van der Waals surface area contributed by atoms with E-state index < -0.39 is 66.6 Å². The van der Waals surface area contributed by atoms with Crippen LogP contribution in [0.1, 0.15) is 57.3 Å². The summed E-state index contributed by atoms with van der Waals surface area (Å²) >= 11 is 0. The zero-order chi connectivity index (χ0) is 33.1. The quantitative estimate of drug-likeness (QED) is 0.224. The maximum atomic E-state index is 13.6. The molecule has 1 saturated heterocycles. The van der Waals surface area contributed by atoms with Gasteiger partial charge in [-0.25, -0.2) is 14.4 Å². The molecular weight excluding hydrogens is 596 g/mol. The molecule has 2 amide bonds.